The molecule has 0 atom stereocenters. The Labute approximate surface area is 102 Å². The molecule has 0 amide bonds. The van der Waals surface area contributed by atoms with Crippen molar-refractivity contribution in [2.24, 2.45) is 0 Å². The second-order valence-electron chi connectivity index (χ2n) is 2.45. The zero-order valence-corrected chi connectivity index (χ0v) is 10.8. The molecule has 1 radical (unpaired) electrons. The molecule has 0 aliphatic rings. The number of thiazole rings is 1. The first-order valence-corrected chi connectivity index (χ1v) is 6.11. The lowest BCUT2D eigenvalue weighted by Gasteiger charge is -2.04. The van der Waals surface area contributed by atoms with E-state index < -0.39 is 0 Å². The zero-order chi connectivity index (χ0) is 9.97. The topological polar surface area (TPSA) is 22.1 Å². The van der Waals surface area contributed by atoms with E-state index in [0.717, 1.165) is 19.8 Å². The Hall–Kier alpha value is -0.390. The number of aromatic nitrogens is 1. The largest absolute Gasteiger partial charge is 0.444 e. The lowest BCUT2D eigenvalue weighted by molar-refractivity contribution is 0.492. The highest BCUT2D eigenvalue weighted by Crippen LogP contribution is 2.32. The fourth-order valence-electron chi connectivity index (χ4n) is 0.890. The summed E-state index contributed by atoms with van der Waals surface area (Å²) in [4.78, 5) is 3.81. The van der Waals surface area contributed by atoms with Crippen molar-refractivity contribution in [3.63, 3.8) is 0 Å². The Morgan fingerprint density at radius 3 is 2.86 bits per heavy atom. The molecule has 0 aliphatic heterocycles. The van der Waals surface area contributed by atoms with Gasteiger partial charge in [-0.05, 0) is 34.1 Å². The van der Waals surface area contributed by atoms with Crippen molar-refractivity contribution in [2.45, 2.75) is 0 Å². The Balaban J connectivity index is 2.25. The van der Waals surface area contributed by atoms with E-state index >= 15 is 0 Å². The quantitative estimate of drug-likeness (QED) is 0.819. The van der Waals surface area contributed by atoms with E-state index in [2.05, 4.69) is 42.4 Å². The predicted octanol–water partition coefficient (Wildman–Crippen LogP) is 4.26. The molecule has 71 valence electrons. The number of halogens is 2. The highest BCUT2D eigenvalue weighted by atomic mass is 79.9. The molecule has 0 saturated heterocycles. The second-order valence-corrected chi connectivity index (χ2v) is 5.01. The van der Waals surface area contributed by atoms with Gasteiger partial charge in [-0.15, -0.1) is 0 Å². The normalized spacial score (nSPS) is 10.1. The smallest absolute Gasteiger partial charge is 0.201 e. The summed E-state index contributed by atoms with van der Waals surface area (Å²) in [5.41, 5.74) is 2.72. The van der Waals surface area contributed by atoms with Crippen LogP contribution in [0.4, 0.5) is 0 Å². The first-order valence-electron chi connectivity index (χ1n) is 3.70. The van der Waals surface area contributed by atoms with Crippen molar-refractivity contribution in [3.8, 4) is 10.8 Å². The van der Waals surface area contributed by atoms with E-state index in [4.69, 9.17) is 4.74 Å². The van der Waals surface area contributed by atoms with Crippen molar-refractivity contribution in [2.75, 3.05) is 0 Å². The maximum atomic E-state index is 5.56. The molecule has 1 heterocycles. The summed E-state index contributed by atoms with van der Waals surface area (Å²) in [5, 5.41) is 0.730. The third kappa shape index (κ3) is 2.34. The molecule has 2 nitrogen and oxygen atoms in total. The molecule has 0 aliphatic carbocycles. The zero-order valence-electron chi connectivity index (χ0n) is 6.83. The van der Waals surface area contributed by atoms with Crippen molar-refractivity contribution in [3.05, 3.63) is 38.9 Å². The summed E-state index contributed by atoms with van der Waals surface area (Å²) in [5.74, 6) is 0.769. The predicted molar refractivity (Wildman–Crippen MR) is 62.9 cm³/mol. The second kappa shape index (κ2) is 4.42. The summed E-state index contributed by atoms with van der Waals surface area (Å²) in [7, 11) is 0. The summed E-state index contributed by atoms with van der Waals surface area (Å²) in [6.45, 7) is 0. The average Bonchev–Trinajstić information content (AvgIpc) is 2.62. The van der Waals surface area contributed by atoms with Crippen LogP contribution in [-0.2, 0) is 0 Å². The van der Waals surface area contributed by atoms with Gasteiger partial charge in [-0.3, -0.25) is 0 Å². The number of ether oxygens (including phenoxy) is 1. The van der Waals surface area contributed by atoms with Crippen LogP contribution in [0.25, 0.3) is 0 Å². The molecule has 1 aromatic heterocycles. The molecular weight excluding hydrogens is 330 g/mol. The van der Waals surface area contributed by atoms with Gasteiger partial charge in [-0.25, -0.2) is 4.98 Å². The standard InChI is InChI=1S/C9H4Br2NOS/c10-6-1-2-8(7(11)3-6)13-9-4-12-5-14-9/h1-4H. The summed E-state index contributed by atoms with van der Waals surface area (Å²) in [6, 6.07) is 5.73. The van der Waals surface area contributed by atoms with E-state index in [1.165, 1.54) is 11.3 Å². The Bertz CT molecular complexity index is 430. The van der Waals surface area contributed by atoms with Crippen LogP contribution in [0.2, 0.25) is 0 Å². The van der Waals surface area contributed by atoms with Crippen molar-refractivity contribution in [1.29, 1.82) is 0 Å². The molecule has 1 aromatic carbocycles. The van der Waals surface area contributed by atoms with E-state index in [0.29, 0.717) is 0 Å². The van der Waals surface area contributed by atoms with Crippen molar-refractivity contribution in [1.82, 2.24) is 4.98 Å². The third-order valence-electron chi connectivity index (χ3n) is 1.47. The van der Waals surface area contributed by atoms with Gasteiger partial charge in [-0.1, -0.05) is 27.3 Å². The van der Waals surface area contributed by atoms with Gasteiger partial charge >= 0.3 is 0 Å². The molecule has 0 spiro atoms. The number of hydrogen-bond acceptors (Lipinski definition) is 3. The Morgan fingerprint density at radius 2 is 2.21 bits per heavy atom. The molecule has 0 fully saturated rings. The maximum absolute atomic E-state index is 5.56. The van der Waals surface area contributed by atoms with Gasteiger partial charge in [0.2, 0.25) is 5.06 Å². The highest BCUT2D eigenvalue weighted by molar-refractivity contribution is 9.11. The monoisotopic (exact) mass is 332 g/mol. The van der Waals surface area contributed by atoms with Crippen molar-refractivity contribution >= 4 is 43.2 Å². The number of nitrogens with zero attached hydrogens (tertiary/aromatic N) is 1. The molecule has 5 heteroatoms. The van der Waals surface area contributed by atoms with Gasteiger partial charge in [0.25, 0.3) is 0 Å². The molecular formula is C9H4Br2NOS. The van der Waals surface area contributed by atoms with Gasteiger partial charge < -0.3 is 4.74 Å². The summed E-state index contributed by atoms with van der Waals surface area (Å²) >= 11 is 8.12. The first kappa shape index (κ1) is 10.1. The average molecular weight is 334 g/mol. The van der Waals surface area contributed by atoms with Crippen LogP contribution in [0.3, 0.4) is 0 Å². The van der Waals surface area contributed by atoms with Gasteiger partial charge in [0.15, 0.2) is 5.51 Å². The first-order chi connectivity index (χ1) is 6.75. The molecule has 0 unspecified atom stereocenters. The minimum Gasteiger partial charge on any atom is -0.444 e. The van der Waals surface area contributed by atoms with Gasteiger partial charge in [0, 0.05) is 4.47 Å². The number of rotatable bonds is 2. The van der Waals surface area contributed by atoms with Gasteiger partial charge in [0.05, 0.1) is 10.7 Å². The van der Waals surface area contributed by atoms with Gasteiger partial charge in [0.1, 0.15) is 5.75 Å². The number of hydrogen-bond donors (Lipinski definition) is 0. The molecule has 0 bridgehead atoms. The minimum absolute atomic E-state index is 0.730. The van der Waals surface area contributed by atoms with E-state index in [-0.39, 0.29) is 0 Å². The molecule has 0 N–H and O–H groups in total. The summed E-state index contributed by atoms with van der Waals surface area (Å²) < 4.78 is 7.47. The molecule has 0 saturated carbocycles. The summed E-state index contributed by atoms with van der Waals surface area (Å²) in [6.07, 6.45) is 1.64. The molecule has 2 aromatic rings. The van der Waals surface area contributed by atoms with Crippen LogP contribution in [-0.4, -0.2) is 4.98 Å². The lowest BCUT2D eigenvalue weighted by atomic mass is 10.3. The fraction of sp³-hybridized carbons (Fsp3) is 0. The van der Waals surface area contributed by atoms with Crippen LogP contribution in [0.5, 0.6) is 10.8 Å². The molecule has 2 rings (SSSR count). The van der Waals surface area contributed by atoms with Crippen LogP contribution in [0.1, 0.15) is 0 Å². The van der Waals surface area contributed by atoms with E-state index in [1.54, 1.807) is 6.20 Å². The lowest BCUT2D eigenvalue weighted by Crippen LogP contribution is -1.82. The van der Waals surface area contributed by atoms with Crippen LogP contribution in [0, 0.1) is 5.51 Å². The SMILES string of the molecule is Brc1ccc(Oc2cn[c]s2)c(Br)c1. The van der Waals surface area contributed by atoms with E-state index in [9.17, 15) is 0 Å². The van der Waals surface area contributed by atoms with Crippen molar-refractivity contribution < 1.29 is 4.74 Å². The highest BCUT2D eigenvalue weighted by Gasteiger charge is 2.03. The maximum Gasteiger partial charge on any atom is 0.201 e. The third-order valence-corrected chi connectivity index (χ3v) is 3.17. The Kier molecular flexibility index (Phi) is 3.20. The van der Waals surface area contributed by atoms with E-state index in [1.807, 2.05) is 18.2 Å². The van der Waals surface area contributed by atoms with Gasteiger partial charge in [-0.2, -0.15) is 0 Å². The van der Waals surface area contributed by atoms with Crippen LogP contribution >= 0.6 is 43.2 Å². The minimum atomic E-state index is 0.730. The molecule has 14 heavy (non-hydrogen) atoms. The Morgan fingerprint density at radius 1 is 1.36 bits per heavy atom. The fourth-order valence-corrected chi connectivity index (χ4v) is 2.45. The number of benzene rings is 1. The van der Waals surface area contributed by atoms with Crippen LogP contribution < -0.4 is 4.74 Å². The van der Waals surface area contributed by atoms with Crippen LogP contribution in [0.15, 0.2) is 33.3 Å².